The van der Waals surface area contributed by atoms with Crippen molar-refractivity contribution in [1.82, 2.24) is 10.3 Å². The van der Waals surface area contributed by atoms with Gasteiger partial charge in [-0.15, -0.1) is 0 Å². The first-order valence-electron chi connectivity index (χ1n) is 8.29. The first-order valence-corrected chi connectivity index (χ1v) is 8.29. The molecule has 1 aliphatic carbocycles. The molecule has 3 unspecified atom stereocenters. The van der Waals surface area contributed by atoms with Crippen LogP contribution in [0.5, 0.6) is 5.75 Å². The van der Waals surface area contributed by atoms with E-state index in [1.54, 1.807) is 7.11 Å². The topological polar surface area (TPSA) is 34.2 Å². The van der Waals surface area contributed by atoms with Crippen LogP contribution in [0, 0.1) is 25.7 Å². The molecule has 0 aliphatic heterocycles. The predicted molar refractivity (Wildman–Crippen MR) is 87.9 cm³/mol. The van der Waals surface area contributed by atoms with E-state index < -0.39 is 0 Å². The van der Waals surface area contributed by atoms with Crippen LogP contribution < -0.4 is 10.1 Å². The zero-order chi connectivity index (χ0) is 15.4. The SMILES string of the molecule is CCNC(Cc1ncc(C)c(OC)c1C)C1CCC(C)C1. The standard InChI is InChI=1S/C18H30N2O/c1-6-19-17(15-8-7-12(2)9-15)10-16-14(4)18(21-5)13(3)11-20-16/h11-12,15,17,19H,6-10H2,1-5H3. The normalized spacial score (nSPS) is 23.3. The van der Waals surface area contributed by atoms with Crippen molar-refractivity contribution in [2.24, 2.45) is 11.8 Å². The van der Waals surface area contributed by atoms with Crippen molar-refractivity contribution in [2.45, 2.75) is 59.4 Å². The number of aryl methyl sites for hydroxylation is 1. The van der Waals surface area contributed by atoms with Gasteiger partial charge in [0.2, 0.25) is 0 Å². The largest absolute Gasteiger partial charge is 0.496 e. The van der Waals surface area contributed by atoms with Gasteiger partial charge in [-0.05, 0) is 45.1 Å². The molecular formula is C18H30N2O. The van der Waals surface area contributed by atoms with Gasteiger partial charge in [0.05, 0.1) is 7.11 Å². The first-order chi connectivity index (χ1) is 10.1. The molecule has 0 amide bonds. The molecule has 1 saturated carbocycles. The number of nitrogens with one attached hydrogen (secondary N) is 1. The Balaban J connectivity index is 2.17. The van der Waals surface area contributed by atoms with Gasteiger partial charge in [0.15, 0.2) is 0 Å². The van der Waals surface area contributed by atoms with Crippen LogP contribution in [0.4, 0.5) is 0 Å². The smallest absolute Gasteiger partial charge is 0.128 e. The van der Waals surface area contributed by atoms with Crippen molar-refractivity contribution in [1.29, 1.82) is 0 Å². The maximum absolute atomic E-state index is 5.54. The highest BCUT2D eigenvalue weighted by molar-refractivity contribution is 5.41. The Kier molecular flexibility index (Phi) is 5.63. The fraction of sp³-hybridized carbons (Fsp3) is 0.722. The highest BCUT2D eigenvalue weighted by Crippen LogP contribution is 2.34. The van der Waals surface area contributed by atoms with Crippen LogP contribution in [-0.2, 0) is 6.42 Å². The summed E-state index contributed by atoms with van der Waals surface area (Å²) in [4.78, 5) is 4.68. The molecule has 21 heavy (non-hydrogen) atoms. The van der Waals surface area contributed by atoms with E-state index in [9.17, 15) is 0 Å². The Morgan fingerprint density at radius 2 is 2.14 bits per heavy atom. The fourth-order valence-corrected chi connectivity index (χ4v) is 3.77. The summed E-state index contributed by atoms with van der Waals surface area (Å²) < 4.78 is 5.54. The Bertz CT molecular complexity index is 473. The minimum Gasteiger partial charge on any atom is -0.496 e. The van der Waals surface area contributed by atoms with E-state index in [1.165, 1.54) is 30.5 Å². The van der Waals surface area contributed by atoms with Crippen molar-refractivity contribution >= 4 is 0 Å². The molecular weight excluding hydrogens is 260 g/mol. The number of hydrogen-bond donors (Lipinski definition) is 1. The summed E-state index contributed by atoms with van der Waals surface area (Å²) in [5, 5.41) is 3.69. The molecule has 0 saturated heterocycles. The minimum absolute atomic E-state index is 0.540. The maximum atomic E-state index is 5.54. The number of rotatable bonds is 6. The third kappa shape index (κ3) is 3.76. The van der Waals surface area contributed by atoms with Crippen molar-refractivity contribution < 1.29 is 4.74 Å². The summed E-state index contributed by atoms with van der Waals surface area (Å²) in [5.41, 5.74) is 3.50. The average molecular weight is 290 g/mol. The molecule has 1 heterocycles. The van der Waals surface area contributed by atoms with E-state index in [1.807, 2.05) is 6.20 Å². The molecule has 3 nitrogen and oxygen atoms in total. The number of pyridine rings is 1. The van der Waals surface area contributed by atoms with Crippen molar-refractivity contribution in [3.63, 3.8) is 0 Å². The summed E-state index contributed by atoms with van der Waals surface area (Å²) >= 11 is 0. The maximum Gasteiger partial charge on any atom is 0.128 e. The summed E-state index contributed by atoms with van der Waals surface area (Å²) in [7, 11) is 1.75. The summed E-state index contributed by atoms with van der Waals surface area (Å²) in [6.45, 7) is 9.79. The van der Waals surface area contributed by atoms with Gasteiger partial charge in [-0.2, -0.15) is 0 Å². The second-order valence-corrected chi connectivity index (χ2v) is 6.59. The second kappa shape index (κ2) is 7.26. The van der Waals surface area contributed by atoms with Crippen LogP contribution >= 0.6 is 0 Å². The van der Waals surface area contributed by atoms with Crippen LogP contribution in [0.3, 0.4) is 0 Å². The zero-order valence-corrected chi connectivity index (χ0v) is 14.2. The average Bonchev–Trinajstić information content (AvgIpc) is 2.88. The van der Waals surface area contributed by atoms with Crippen LogP contribution in [0.2, 0.25) is 0 Å². The lowest BCUT2D eigenvalue weighted by molar-refractivity contribution is 0.350. The number of hydrogen-bond acceptors (Lipinski definition) is 3. The second-order valence-electron chi connectivity index (χ2n) is 6.59. The Labute approximate surface area is 129 Å². The zero-order valence-electron chi connectivity index (χ0n) is 14.2. The predicted octanol–water partition coefficient (Wildman–Crippen LogP) is 3.66. The molecule has 1 aromatic heterocycles. The van der Waals surface area contributed by atoms with Crippen molar-refractivity contribution in [2.75, 3.05) is 13.7 Å². The first kappa shape index (κ1) is 16.3. The van der Waals surface area contributed by atoms with E-state index in [0.29, 0.717) is 6.04 Å². The highest BCUT2D eigenvalue weighted by Gasteiger charge is 2.29. The minimum atomic E-state index is 0.540. The molecule has 118 valence electrons. The summed E-state index contributed by atoms with van der Waals surface area (Å²) in [6.07, 6.45) is 7.02. The van der Waals surface area contributed by atoms with E-state index in [-0.39, 0.29) is 0 Å². The molecule has 0 radical (unpaired) electrons. The Hall–Kier alpha value is -1.09. The van der Waals surface area contributed by atoms with Crippen molar-refractivity contribution in [3.8, 4) is 5.75 Å². The molecule has 0 bridgehead atoms. The van der Waals surface area contributed by atoms with Gasteiger partial charge in [0.1, 0.15) is 5.75 Å². The summed E-state index contributed by atoms with van der Waals surface area (Å²) in [6, 6.07) is 0.540. The lowest BCUT2D eigenvalue weighted by Gasteiger charge is -2.25. The van der Waals surface area contributed by atoms with Gasteiger partial charge in [-0.3, -0.25) is 4.98 Å². The lowest BCUT2D eigenvalue weighted by atomic mass is 9.91. The van der Waals surface area contributed by atoms with Crippen LogP contribution in [0.15, 0.2) is 6.20 Å². The highest BCUT2D eigenvalue weighted by atomic mass is 16.5. The molecule has 3 heteroatoms. The van der Waals surface area contributed by atoms with Crippen LogP contribution in [0.25, 0.3) is 0 Å². The molecule has 1 aromatic rings. The van der Waals surface area contributed by atoms with Gasteiger partial charge < -0.3 is 10.1 Å². The Morgan fingerprint density at radius 1 is 1.38 bits per heavy atom. The third-order valence-corrected chi connectivity index (χ3v) is 4.93. The van der Waals surface area contributed by atoms with Gasteiger partial charge in [-0.1, -0.05) is 20.3 Å². The molecule has 1 fully saturated rings. The monoisotopic (exact) mass is 290 g/mol. The molecule has 2 rings (SSSR count). The number of ether oxygens (including phenoxy) is 1. The number of likely N-dealkylation sites (N-methyl/N-ethyl adjacent to an activating group) is 1. The van der Waals surface area contributed by atoms with E-state index >= 15 is 0 Å². The fourth-order valence-electron chi connectivity index (χ4n) is 3.77. The van der Waals surface area contributed by atoms with Crippen LogP contribution in [0.1, 0.15) is 49.9 Å². The third-order valence-electron chi connectivity index (χ3n) is 4.93. The molecule has 3 atom stereocenters. The van der Waals surface area contributed by atoms with Gasteiger partial charge in [0, 0.05) is 35.5 Å². The van der Waals surface area contributed by atoms with Gasteiger partial charge in [-0.25, -0.2) is 0 Å². The number of methoxy groups -OCH3 is 1. The number of aromatic nitrogens is 1. The molecule has 1 aliphatic rings. The van der Waals surface area contributed by atoms with Crippen LogP contribution in [-0.4, -0.2) is 24.7 Å². The lowest BCUT2D eigenvalue weighted by Crippen LogP contribution is -2.37. The van der Waals surface area contributed by atoms with Gasteiger partial charge >= 0.3 is 0 Å². The van der Waals surface area contributed by atoms with E-state index in [4.69, 9.17) is 4.74 Å². The number of nitrogens with zero attached hydrogens (tertiary/aromatic N) is 1. The summed E-state index contributed by atoms with van der Waals surface area (Å²) in [5.74, 6) is 2.65. The Morgan fingerprint density at radius 3 is 2.71 bits per heavy atom. The molecule has 1 N–H and O–H groups in total. The molecule has 0 aromatic carbocycles. The van der Waals surface area contributed by atoms with E-state index in [2.05, 4.69) is 38.0 Å². The van der Waals surface area contributed by atoms with E-state index in [0.717, 1.165) is 36.1 Å². The quantitative estimate of drug-likeness (QED) is 0.868. The molecule has 0 spiro atoms. The van der Waals surface area contributed by atoms with Gasteiger partial charge in [0.25, 0.3) is 0 Å². The van der Waals surface area contributed by atoms with Crippen molar-refractivity contribution in [3.05, 3.63) is 23.0 Å².